The Morgan fingerprint density at radius 3 is 2.62 bits per heavy atom. The quantitative estimate of drug-likeness (QED) is 0.830. The number of thiazole rings is 1. The van der Waals surface area contributed by atoms with E-state index in [9.17, 15) is 0 Å². The number of rotatable bonds is 6. The van der Waals surface area contributed by atoms with Crippen molar-refractivity contribution < 1.29 is 0 Å². The van der Waals surface area contributed by atoms with Crippen molar-refractivity contribution in [2.75, 3.05) is 18.5 Å². The van der Waals surface area contributed by atoms with E-state index in [2.05, 4.69) is 42.9 Å². The first kappa shape index (κ1) is 13.5. The van der Waals surface area contributed by atoms with E-state index in [-0.39, 0.29) is 0 Å². The number of aryl methyl sites for hydroxylation is 1. The highest BCUT2D eigenvalue weighted by Crippen LogP contribution is 2.27. The molecule has 1 heterocycles. The fourth-order valence-electron chi connectivity index (χ4n) is 1.72. The van der Waals surface area contributed by atoms with Gasteiger partial charge in [-0.15, -0.1) is 11.3 Å². The molecule has 0 aliphatic heterocycles. The molecule has 0 aromatic carbocycles. The second-order valence-corrected chi connectivity index (χ2v) is 5.14. The summed E-state index contributed by atoms with van der Waals surface area (Å²) in [5.41, 5.74) is 1.16. The molecule has 0 fully saturated rings. The van der Waals surface area contributed by atoms with Crippen molar-refractivity contribution in [3.05, 3.63) is 10.6 Å². The Hall–Kier alpha value is -0.610. The molecule has 0 aliphatic carbocycles. The van der Waals surface area contributed by atoms with E-state index in [0.717, 1.165) is 25.2 Å². The summed E-state index contributed by atoms with van der Waals surface area (Å²) in [4.78, 5) is 8.41. The minimum absolute atomic E-state index is 0.568. The van der Waals surface area contributed by atoms with Gasteiger partial charge in [0.05, 0.1) is 5.69 Å². The first-order valence-corrected chi connectivity index (χ1v) is 6.83. The Morgan fingerprint density at radius 1 is 1.44 bits per heavy atom. The van der Waals surface area contributed by atoms with Gasteiger partial charge in [0.2, 0.25) is 0 Å². The van der Waals surface area contributed by atoms with Crippen molar-refractivity contribution in [1.29, 1.82) is 0 Å². The maximum atomic E-state index is 4.67. The van der Waals surface area contributed by atoms with Gasteiger partial charge in [-0.2, -0.15) is 0 Å². The Balaban J connectivity index is 2.89. The molecule has 16 heavy (non-hydrogen) atoms. The third-order valence-corrected chi connectivity index (χ3v) is 4.12. The Kier molecular flexibility index (Phi) is 5.22. The lowest BCUT2D eigenvalue weighted by Crippen LogP contribution is -2.32. The summed E-state index contributed by atoms with van der Waals surface area (Å²) >= 11 is 1.81. The first-order valence-electron chi connectivity index (χ1n) is 6.01. The summed E-state index contributed by atoms with van der Waals surface area (Å²) in [5.74, 6) is 0. The highest BCUT2D eigenvalue weighted by Gasteiger charge is 2.16. The van der Waals surface area contributed by atoms with Crippen molar-refractivity contribution in [3.63, 3.8) is 0 Å². The van der Waals surface area contributed by atoms with Crippen LogP contribution in [0, 0.1) is 6.92 Å². The van der Waals surface area contributed by atoms with Crippen LogP contribution in [0.3, 0.4) is 0 Å². The summed E-state index contributed by atoms with van der Waals surface area (Å²) in [7, 11) is 1.98. The minimum atomic E-state index is 0.568. The molecular formula is C12H23N3S. The molecule has 1 atom stereocenters. The lowest BCUT2D eigenvalue weighted by molar-refractivity contribution is 0.628. The molecule has 0 bridgehead atoms. The third kappa shape index (κ3) is 2.95. The van der Waals surface area contributed by atoms with Gasteiger partial charge in [-0.3, -0.25) is 0 Å². The molecule has 1 aromatic heterocycles. The van der Waals surface area contributed by atoms with Gasteiger partial charge in [-0.1, -0.05) is 6.92 Å². The van der Waals surface area contributed by atoms with Crippen LogP contribution in [-0.4, -0.2) is 24.6 Å². The van der Waals surface area contributed by atoms with E-state index in [0.29, 0.717) is 6.04 Å². The first-order chi connectivity index (χ1) is 7.63. The highest BCUT2D eigenvalue weighted by molar-refractivity contribution is 7.15. The van der Waals surface area contributed by atoms with E-state index >= 15 is 0 Å². The van der Waals surface area contributed by atoms with Gasteiger partial charge in [0.1, 0.15) is 0 Å². The van der Waals surface area contributed by atoms with Crippen LogP contribution in [0.15, 0.2) is 0 Å². The maximum Gasteiger partial charge on any atom is 0.186 e. The van der Waals surface area contributed by atoms with Crippen LogP contribution in [0.2, 0.25) is 0 Å². The fraction of sp³-hybridized carbons (Fsp3) is 0.750. The van der Waals surface area contributed by atoms with E-state index in [4.69, 9.17) is 0 Å². The van der Waals surface area contributed by atoms with Crippen molar-refractivity contribution in [2.45, 2.75) is 46.7 Å². The zero-order chi connectivity index (χ0) is 12.1. The van der Waals surface area contributed by atoms with Gasteiger partial charge in [0, 0.05) is 24.0 Å². The second-order valence-electron chi connectivity index (χ2n) is 4.08. The zero-order valence-corrected chi connectivity index (χ0v) is 11.8. The average Bonchev–Trinajstić information content (AvgIpc) is 2.61. The predicted octanol–water partition coefficient (Wildman–Crippen LogP) is 2.80. The smallest absolute Gasteiger partial charge is 0.186 e. The number of nitrogens with zero attached hydrogens (tertiary/aromatic N) is 2. The van der Waals surface area contributed by atoms with Gasteiger partial charge in [-0.05, 0) is 34.2 Å². The molecule has 1 rings (SSSR count). The number of hydrogen-bond acceptors (Lipinski definition) is 4. The van der Waals surface area contributed by atoms with E-state index < -0.39 is 0 Å². The molecule has 1 N–H and O–H groups in total. The van der Waals surface area contributed by atoms with Gasteiger partial charge in [-0.25, -0.2) is 4.98 Å². The minimum Gasteiger partial charge on any atom is -0.346 e. The van der Waals surface area contributed by atoms with Crippen LogP contribution in [0.4, 0.5) is 5.13 Å². The largest absolute Gasteiger partial charge is 0.346 e. The van der Waals surface area contributed by atoms with Crippen molar-refractivity contribution in [1.82, 2.24) is 10.3 Å². The Bertz CT molecular complexity index is 322. The summed E-state index contributed by atoms with van der Waals surface area (Å²) in [6, 6.07) is 0.568. The molecule has 4 heteroatoms. The molecule has 1 unspecified atom stereocenters. The summed E-state index contributed by atoms with van der Waals surface area (Å²) in [6.07, 6.45) is 1.16. The number of nitrogens with one attached hydrogen (secondary N) is 1. The van der Waals surface area contributed by atoms with E-state index in [1.54, 1.807) is 0 Å². The topological polar surface area (TPSA) is 28.2 Å². The summed E-state index contributed by atoms with van der Waals surface area (Å²) in [6.45, 7) is 10.7. The molecule has 3 nitrogen and oxygen atoms in total. The van der Waals surface area contributed by atoms with Crippen molar-refractivity contribution in [2.24, 2.45) is 0 Å². The maximum absolute atomic E-state index is 4.67. The van der Waals surface area contributed by atoms with Gasteiger partial charge in [0.15, 0.2) is 5.13 Å². The zero-order valence-electron chi connectivity index (χ0n) is 11.0. The second kappa shape index (κ2) is 6.21. The monoisotopic (exact) mass is 241 g/mol. The van der Waals surface area contributed by atoms with Crippen molar-refractivity contribution in [3.8, 4) is 0 Å². The Morgan fingerprint density at radius 2 is 2.12 bits per heavy atom. The number of anilines is 1. The average molecular weight is 241 g/mol. The molecule has 0 saturated carbocycles. The molecular weight excluding hydrogens is 218 g/mol. The van der Waals surface area contributed by atoms with E-state index in [1.165, 1.54) is 10.0 Å². The van der Waals surface area contributed by atoms with Gasteiger partial charge < -0.3 is 10.2 Å². The normalized spacial score (nSPS) is 12.8. The standard InChI is InChI=1S/C12H23N3S/c1-6-9(3)15(7-2)12-14-10(4)11(16-12)8-13-5/h9,13H,6-8H2,1-5H3. The van der Waals surface area contributed by atoms with E-state index in [1.807, 2.05) is 18.4 Å². The molecule has 0 radical (unpaired) electrons. The summed E-state index contributed by atoms with van der Waals surface area (Å²) < 4.78 is 0. The molecule has 0 saturated heterocycles. The molecule has 0 spiro atoms. The lowest BCUT2D eigenvalue weighted by Gasteiger charge is -2.26. The molecule has 92 valence electrons. The highest BCUT2D eigenvalue weighted by atomic mass is 32.1. The lowest BCUT2D eigenvalue weighted by atomic mass is 10.2. The van der Waals surface area contributed by atoms with Crippen LogP contribution in [0.5, 0.6) is 0 Å². The van der Waals surface area contributed by atoms with Crippen LogP contribution in [0.1, 0.15) is 37.8 Å². The van der Waals surface area contributed by atoms with Gasteiger partial charge in [0.25, 0.3) is 0 Å². The van der Waals surface area contributed by atoms with Gasteiger partial charge >= 0.3 is 0 Å². The Labute approximate surface area is 103 Å². The molecule has 1 aromatic rings. The fourth-order valence-corrected chi connectivity index (χ4v) is 2.96. The molecule has 0 aliphatic rings. The number of hydrogen-bond donors (Lipinski definition) is 1. The van der Waals surface area contributed by atoms with Crippen LogP contribution >= 0.6 is 11.3 Å². The van der Waals surface area contributed by atoms with Crippen LogP contribution < -0.4 is 10.2 Å². The number of aromatic nitrogens is 1. The predicted molar refractivity (Wildman–Crippen MR) is 72.4 cm³/mol. The van der Waals surface area contributed by atoms with Crippen LogP contribution in [-0.2, 0) is 6.54 Å². The molecule has 0 amide bonds. The SMILES string of the molecule is CCC(C)N(CC)c1nc(C)c(CNC)s1. The third-order valence-electron chi connectivity index (χ3n) is 2.93. The summed E-state index contributed by atoms with van der Waals surface area (Å²) in [5, 5.41) is 4.36. The van der Waals surface area contributed by atoms with Crippen molar-refractivity contribution >= 4 is 16.5 Å². The van der Waals surface area contributed by atoms with Crippen LogP contribution in [0.25, 0.3) is 0 Å².